The summed E-state index contributed by atoms with van der Waals surface area (Å²) in [7, 11) is -3.76. The van der Waals surface area contributed by atoms with Gasteiger partial charge in [-0.1, -0.05) is 47.5 Å². The van der Waals surface area contributed by atoms with Gasteiger partial charge in [-0.2, -0.15) is 16.5 Å². The first-order valence-corrected chi connectivity index (χ1v) is 12.7. The van der Waals surface area contributed by atoms with Crippen LogP contribution >= 0.6 is 35.0 Å². The molecule has 2 N–H and O–H groups in total. The van der Waals surface area contributed by atoms with Gasteiger partial charge in [-0.15, -0.1) is 0 Å². The molecule has 2 aromatic rings. The number of carbonyl (C=O) groups excluding carboxylic acids is 1. The summed E-state index contributed by atoms with van der Waals surface area (Å²) in [6.07, 6.45) is 3.75. The number of amides is 1. The molecule has 1 amide bonds. The minimum Gasteiger partial charge on any atom is -0.355 e. The van der Waals surface area contributed by atoms with Gasteiger partial charge in [-0.3, -0.25) is 4.79 Å². The number of halogens is 2. The fourth-order valence-corrected chi connectivity index (χ4v) is 4.70. The highest BCUT2D eigenvalue weighted by atomic mass is 35.5. The molecule has 29 heavy (non-hydrogen) atoms. The van der Waals surface area contributed by atoms with Crippen molar-refractivity contribution in [3.63, 3.8) is 0 Å². The topological polar surface area (TPSA) is 75.3 Å². The highest BCUT2D eigenvalue weighted by molar-refractivity contribution is 7.98. The van der Waals surface area contributed by atoms with E-state index < -0.39 is 16.1 Å². The molecule has 1 atom stereocenters. The van der Waals surface area contributed by atoms with Crippen LogP contribution in [0.5, 0.6) is 0 Å². The van der Waals surface area contributed by atoms with Crippen LogP contribution in [0, 0.1) is 0 Å². The highest BCUT2D eigenvalue weighted by Crippen LogP contribution is 2.23. The van der Waals surface area contributed by atoms with Crippen molar-refractivity contribution in [3.05, 3.63) is 64.1 Å². The number of hydrogen-bond donors (Lipinski definition) is 2. The first-order valence-electron chi connectivity index (χ1n) is 9.11. The van der Waals surface area contributed by atoms with E-state index in [-0.39, 0.29) is 10.8 Å². The van der Waals surface area contributed by atoms with Crippen LogP contribution in [0.15, 0.2) is 53.4 Å². The first kappa shape index (κ1) is 24.0. The van der Waals surface area contributed by atoms with Gasteiger partial charge in [0, 0.05) is 6.54 Å². The molecule has 1 unspecified atom stereocenters. The van der Waals surface area contributed by atoms with Crippen LogP contribution < -0.4 is 10.0 Å². The van der Waals surface area contributed by atoms with Crippen LogP contribution in [-0.4, -0.2) is 38.9 Å². The molecule has 0 radical (unpaired) electrons. The minimum atomic E-state index is -3.76. The lowest BCUT2D eigenvalue weighted by Crippen LogP contribution is -2.47. The maximum Gasteiger partial charge on any atom is 0.241 e. The smallest absolute Gasteiger partial charge is 0.241 e. The van der Waals surface area contributed by atoms with Crippen molar-refractivity contribution < 1.29 is 13.2 Å². The number of aryl methyl sites for hydroxylation is 1. The normalized spacial score (nSPS) is 12.5. The molecule has 2 rings (SSSR count). The Morgan fingerprint density at radius 1 is 1.10 bits per heavy atom. The van der Waals surface area contributed by atoms with Crippen molar-refractivity contribution >= 4 is 50.9 Å². The summed E-state index contributed by atoms with van der Waals surface area (Å²) >= 11 is 13.5. The van der Waals surface area contributed by atoms with Crippen molar-refractivity contribution in [3.8, 4) is 0 Å². The average molecular weight is 475 g/mol. The van der Waals surface area contributed by atoms with Gasteiger partial charge in [0.05, 0.1) is 14.9 Å². The van der Waals surface area contributed by atoms with Crippen LogP contribution in [0.1, 0.15) is 18.4 Å². The van der Waals surface area contributed by atoms with E-state index in [0.29, 0.717) is 35.2 Å². The van der Waals surface area contributed by atoms with Gasteiger partial charge in [0.15, 0.2) is 0 Å². The number of hydrogen-bond acceptors (Lipinski definition) is 4. The summed E-state index contributed by atoms with van der Waals surface area (Å²) in [5, 5.41) is 3.83. The zero-order chi connectivity index (χ0) is 21.3. The third-order valence-corrected chi connectivity index (χ3v) is 7.07. The molecule has 0 aliphatic rings. The molecule has 0 fully saturated rings. The second-order valence-corrected chi connectivity index (χ2v) is 9.93. The summed E-state index contributed by atoms with van der Waals surface area (Å²) in [5.41, 5.74) is 1.03. The molecule has 5 nitrogen and oxygen atoms in total. The van der Waals surface area contributed by atoms with Gasteiger partial charge in [0.1, 0.15) is 6.04 Å². The number of nitrogens with one attached hydrogen (secondary N) is 2. The molecule has 158 valence electrons. The third kappa shape index (κ3) is 7.83. The lowest BCUT2D eigenvalue weighted by atomic mass is 10.1. The van der Waals surface area contributed by atoms with Gasteiger partial charge in [-0.25, -0.2) is 8.42 Å². The molecule has 2 aromatic carbocycles. The van der Waals surface area contributed by atoms with Crippen LogP contribution in [0.3, 0.4) is 0 Å². The summed E-state index contributed by atoms with van der Waals surface area (Å²) < 4.78 is 27.7. The minimum absolute atomic E-state index is 0.140. The van der Waals surface area contributed by atoms with E-state index in [4.69, 9.17) is 23.2 Å². The van der Waals surface area contributed by atoms with Crippen molar-refractivity contribution in [2.45, 2.75) is 30.2 Å². The van der Waals surface area contributed by atoms with E-state index in [0.717, 1.165) is 12.0 Å². The van der Waals surface area contributed by atoms with Crippen molar-refractivity contribution in [1.82, 2.24) is 10.0 Å². The van der Waals surface area contributed by atoms with Crippen LogP contribution in [0.2, 0.25) is 10.0 Å². The van der Waals surface area contributed by atoms with E-state index in [1.807, 2.05) is 12.3 Å². The number of sulfonamides is 1. The van der Waals surface area contributed by atoms with Crippen molar-refractivity contribution in [1.29, 1.82) is 0 Å². The number of carbonyl (C=O) groups is 1. The average Bonchev–Trinajstić information content (AvgIpc) is 2.71. The molecule has 0 bridgehead atoms. The zero-order valence-corrected chi connectivity index (χ0v) is 19.2. The van der Waals surface area contributed by atoms with Crippen molar-refractivity contribution in [2.24, 2.45) is 0 Å². The Morgan fingerprint density at radius 2 is 1.83 bits per heavy atom. The Morgan fingerprint density at radius 3 is 2.48 bits per heavy atom. The molecular formula is C20H24Cl2N2O3S2. The molecular weight excluding hydrogens is 451 g/mol. The molecule has 9 heteroatoms. The first-order chi connectivity index (χ1) is 13.8. The number of rotatable bonds is 11. The fraction of sp³-hybridized carbons (Fsp3) is 0.350. The Labute approximate surface area is 186 Å². The van der Waals surface area contributed by atoms with Gasteiger partial charge in [0.25, 0.3) is 0 Å². The maximum absolute atomic E-state index is 12.6. The SMILES string of the molecule is CSCCC(NS(=O)(=O)c1ccccc1)C(=O)NCCCc1ccc(Cl)c(Cl)c1. The van der Waals surface area contributed by atoms with Crippen LogP contribution in [-0.2, 0) is 21.2 Å². The number of benzene rings is 2. The summed E-state index contributed by atoms with van der Waals surface area (Å²) in [6, 6.07) is 12.7. The zero-order valence-electron chi connectivity index (χ0n) is 16.0. The Hall–Kier alpha value is -1.25. The molecule has 0 saturated carbocycles. The molecule has 0 aliphatic heterocycles. The molecule has 0 aliphatic carbocycles. The van der Waals surface area contributed by atoms with Crippen LogP contribution in [0.25, 0.3) is 0 Å². The lowest BCUT2D eigenvalue weighted by Gasteiger charge is -2.18. The standard InChI is InChI=1S/C20H24Cl2N2O3S2/c1-28-13-11-19(24-29(26,27)16-7-3-2-4-8-16)20(25)23-12-5-6-15-9-10-17(21)18(22)14-15/h2-4,7-10,14,19,24H,5-6,11-13H2,1H3,(H,23,25). The fourth-order valence-electron chi connectivity index (χ4n) is 2.66. The van der Waals surface area contributed by atoms with Crippen LogP contribution in [0.4, 0.5) is 0 Å². The highest BCUT2D eigenvalue weighted by Gasteiger charge is 2.25. The largest absolute Gasteiger partial charge is 0.355 e. The molecule has 0 saturated heterocycles. The Balaban J connectivity index is 1.91. The molecule has 0 heterocycles. The predicted octanol–water partition coefficient (Wildman–Crippen LogP) is 4.14. The summed E-state index contributed by atoms with van der Waals surface area (Å²) in [6.45, 7) is 0.432. The van der Waals surface area contributed by atoms with Gasteiger partial charge in [-0.05, 0) is 61.1 Å². The quantitative estimate of drug-likeness (QED) is 0.479. The van der Waals surface area contributed by atoms with Gasteiger partial charge < -0.3 is 5.32 Å². The van der Waals surface area contributed by atoms with E-state index in [9.17, 15) is 13.2 Å². The maximum atomic E-state index is 12.6. The molecule has 0 spiro atoms. The van der Waals surface area contributed by atoms with E-state index >= 15 is 0 Å². The van der Waals surface area contributed by atoms with Gasteiger partial charge in [0.2, 0.25) is 15.9 Å². The summed E-state index contributed by atoms with van der Waals surface area (Å²) in [5.74, 6) is 0.339. The van der Waals surface area contributed by atoms with E-state index in [1.165, 1.54) is 12.1 Å². The monoisotopic (exact) mass is 474 g/mol. The van der Waals surface area contributed by atoms with E-state index in [2.05, 4.69) is 10.0 Å². The Kier molecular flexibility index (Phi) is 9.79. The molecule has 0 aromatic heterocycles. The number of thioether (sulfide) groups is 1. The lowest BCUT2D eigenvalue weighted by molar-refractivity contribution is -0.122. The Bertz CT molecular complexity index is 909. The second-order valence-electron chi connectivity index (χ2n) is 6.41. The third-order valence-electron chi connectivity index (χ3n) is 4.20. The summed E-state index contributed by atoms with van der Waals surface area (Å²) in [4.78, 5) is 12.7. The van der Waals surface area contributed by atoms with E-state index in [1.54, 1.807) is 42.1 Å². The van der Waals surface area contributed by atoms with Gasteiger partial charge >= 0.3 is 0 Å². The second kappa shape index (κ2) is 11.8. The van der Waals surface area contributed by atoms with Crippen molar-refractivity contribution in [2.75, 3.05) is 18.6 Å². The predicted molar refractivity (Wildman–Crippen MR) is 121 cm³/mol.